The molecule has 3 nitrogen and oxygen atoms in total. The van der Waals surface area contributed by atoms with E-state index in [4.69, 9.17) is 47.0 Å². The summed E-state index contributed by atoms with van der Waals surface area (Å²) >= 11 is 23.3. The first-order valence-corrected chi connectivity index (χ1v) is 8.08. The molecule has 0 aliphatic carbocycles. The number of hydrogen-bond acceptors (Lipinski definition) is 2. The molecule has 0 atom stereocenters. The second kappa shape index (κ2) is 6.49. The highest BCUT2D eigenvalue weighted by molar-refractivity contribution is 7.80. The molecule has 1 N–H and O–H groups in total. The van der Waals surface area contributed by atoms with Crippen molar-refractivity contribution in [3.63, 3.8) is 0 Å². The van der Waals surface area contributed by atoms with Gasteiger partial charge in [-0.1, -0.05) is 53.0 Å². The smallest absolute Gasteiger partial charge is 0.281 e. The van der Waals surface area contributed by atoms with E-state index in [0.717, 1.165) is 5.56 Å². The summed E-state index contributed by atoms with van der Waals surface area (Å²) in [6.07, 6.45) is 1.70. The first kappa shape index (κ1) is 16.3. The van der Waals surface area contributed by atoms with E-state index in [-0.39, 0.29) is 16.0 Å². The number of nitrogens with zero attached hydrogens (tertiary/aromatic N) is 1. The van der Waals surface area contributed by atoms with Crippen molar-refractivity contribution >= 4 is 69.8 Å². The number of nitrogens with one attached hydrogen (secondary N) is 1. The van der Waals surface area contributed by atoms with Gasteiger partial charge >= 0.3 is 0 Å². The summed E-state index contributed by atoms with van der Waals surface area (Å²) in [5.41, 5.74) is 1.63. The van der Waals surface area contributed by atoms with Gasteiger partial charge in [0.1, 0.15) is 5.70 Å². The van der Waals surface area contributed by atoms with Gasteiger partial charge in [-0.25, -0.2) is 0 Å². The zero-order valence-electron chi connectivity index (χ0n) is 11.5. The third-order valence-corrected chi connectivity index (χ3v) is 4.58. The normalized spacial score (nSPS) is 16.1. The van der Waals surface area contributed by atoms with Crippen molar-refractivity contribution in [1.82, 2.24) is 5.32 Å². The van der Waals surface area contributed by atoms with E-state index in [9.17, 15) is 4.79 Å². The summed E-state index contributed by atoms with van der Waals surface area (Å²) in [5.74, 6) is -0.297. The van der Waals surface area contributed by atoms with Gasteiger partial charge in [-0.05, 0) is 48.1 Å². The molecule has 0 aromatic heterocycles. The third-order valence-electron chi connectivity index (χ3n) is 3.23. The lowest BCUT2D eigenvalue weighted by molar-refractivity contribution is -0.113. The number of amides is 1. The van der Waals surface area contributed by atoms with Crippen molar-refractivity contribution in [3.05, 3.63) is 68.8 Å². The Morgan fingerprint density at radius 2 is 1.74 bits per heavy atom. The van der Waals surface area contributed by atoms with Crippen LogP contribution in [-0.4, -0.2) is 11.0 Å². The van der Waals surface area contributed by atoms with Crippen LogP contribution in [0.2, 0.25) is 15.1 Å². The largest absolute Gasteiger partial charge is 0.327 e. The number of rotatable bonds is 2. The van der Waals surface area contributed by atoms with E-state index in [2.05, 4.69) is 5.32 Å². The second-order valence-electron chi connectivity index (χ2n) is 4.75. The Hall–Kier alpha value is -1.59. The molecule has 0 spiro atoms. The van der Waals surface area contributed by atoms with Gasteiger partial charge in [0.25, 0.3) is 5.91 Å². The molecule has 2 aromatic rings. The van der Waals surface area contributed by atoms with Crippen molar-refractivity contribution in [3.8, 4) is 0 Å². The Kier molecular flexibility index (Phi) is 4.60. The molecule has 1 aliphatic rings. The van der Waals surface area contributed by atoms with Crippen LogP contribution in [0.4, 0.5) is 5.69 Å². The Morgan fingerprint density at radius 3 is 2.43 bits per heavy atom. The Balaban J connectivity index is 1.97. The molecule has 7 heteroatoms. The van der Waals surface area contributed by atoms with Crippen molar-refractivity contribution in [2.75, 3.05) is 4.90 Å². The molecule has 23 heavy (non-hydrogen) atoms. The van der Waals surface area contributed by atoms with E-state index >= 15 is 0 Å². The maximum atomic E-state index is 12.6. The number of carbonyl (C=O) groups is 1. The minimum absolute atomic E-state index is 0.249. The molecule has 1 amide bonds. The predicted molar refractivity (Wildman–Crippen MR) is 99.1 cm³/mol. The third kappa shape index (κ3) is 3.21. The standard InChI is InChI=1S/C16H9Cl3N2OS/c17-10-6-4-9(5-7-10)8-12-15(22)21(16(23)20-12)13-3-1-2-11(18)14(13)19/h1-8H,(H,20,23)/b12-8-. The lowest BCUT2D eigenvalue weighted by Crippen LogP contribution is -2.30. The molecule has 0 radical (unpaired) electrons. The number of hydrogen-bond donors (Lipinski definition) is 1. The van der Waals surface area contributed by atoms with Gasteiger partial charge in [0.15, 0.2) is 5.11 Å². The quantitative estimate of drug-likeness (QED) is 0.591. The first-order chi connectivity index (χ1) is 11.0. The zero-order valence-corrected chi connectivity index (χ0v) is 14.6. The maximum absolute atomic E-state index is 12.6. The monoisotopic (exact) mass is 382 g/mol. The van der Waals surface area contributed by atoms with Crippen LogP contribution in [0.1, 0.15) is 5.56 Å². The number of thiocarbonyl (C=S) groups is 1. The van der Waals surface area contributed by atoms with Crippen LogP contribution in [0.5, 0.6) is 0 Å². The lowest BCUT2D eigenvalue weighted by Gasteiger charge is -2.16. The number of anilines is 1. The minimum Gasteiger partial charge on any atom is -0.327 e. The van der Waals surface area contributed by atoms with Crippen LogP contribution < -0.4 is 10.2 Å². The minimum atomic E-state index is -0.297. The molecular weight excluding hydrogens is 375 g/mol. The summed E-state index contributed by atoms with van der Waals surface area (Å²) < 4.78 is 0. The zero-order chi connectivity index (χ0) is 16.6. The highest BCUT2D eigenvalue weighted by Gasteiger charge is 2.33. The Morgan fingerprint density at radius 1 is 1.04 bits per heavy atom. The van der Waals surface area contributed by atoms with Gasteiger partial charge in [0, 0.05) is 5.02 Å². The molecule has 0 saturated carbocycles. The van der Waals surface area contributed by atoms with Crippen molar-refractivity contribution in [2.24, 2.45) is 0 Å². The van der Waals surface area contributed by atoms with E-state index in [1.807, 2.05) is 12.1 Å². The first-order valence-electron chi connectivity index (χ1n) is 6.54. The van der Waals surface area contributed by atoms with Gasteiger partial charge < -0.3 is 5.32 Å². The van der Waals surface area contributed by atoms with Gasteiger partial charge in [-0.15, -0.1) is 0 Å². The fourth-order valence-electron chi connectivity index (χ4n) is 2.14. The predicted octanol–water partition coefficient (Wildman–Crippen LogP) is 4.91. The number of benzene rings is 2. The fraction of sp³-hybridized carbons (Fsp3) is 0. The molecular formula is C16H9Cl3N2OS. The molecule has 0 unspecified atom stereocenters. The number of halogens is 3. The molecule has 3 rings (SSSR count). The van der Waals surface area contributed by atoms with E-state index in [0.29, 0.717) is 21.4 Å². The van der Waals surface area contributed by atoms with E-state index < -0.39 is 0 Å². The maximum Gasteiger partial charge on any atom is 0.281 e. The van der Waals surface area contributed by atoms with Crippen molar-refractivity contribution in [1.29, 1.82) is 0 Å². The summed E-state index contributed by atoms with van der Waals surface area (Å²) in [7, 11) is 0. The molecule has 1 aliphatic heterocycles. The summed E-state index contributed by atoms with van der Waals surface area (Å²) in [4.78, 5) is 14.0. The second-order valence-corrected chi connectivity index (χ2v) is 6.36. The van der Waals surface area contributed by atoms with E-state index in [1.165, 1.54) is 4.90 Å². The molecule has 116 valence electrons. The summed E-state index contributed by atoms with van der Waals surface area (Å²) in [5, 5.41) is 4.40. The molecule has 1 saturated heterocycles. The van der Waals surface area contributed by atoms with Crippen LogP contribution in [-0.2, 0) is 4.79 Å². The van der Waals surface area contributed by atoms with Crippen LogP contribution in [0, 0.1) is 0 Å². The highest BCUT2D eigenvalue weighted by atomic mass is 35.5. The van der Waals surface area contributed by atoms with Crippen LogP contribution in [0.25, 0.3) is 6.08 Å². The van der Waals surface area contributed by atoms with Crippen LogP contribution in [0.3, 0.4) is 0 Å². The molecule has 2 aromatic carbocycles. The van der Waals surface area contributed by atoms with Crippen LogP contribution in [0.15, 0.2) is 48.2 Å². The number of carbonyl (C=O) groups excluding carboxylic acids is 1. The van der Waals surface area contributed by atoms with Crippen LogP contribution >= 0.6 is 47.0 Å². The van der Waals surface area contributed by atoms with Gasteiger partial charge in [0.2, 0.25) is 0 Å². The van der Waals surface area contributed by atoms with E-state index in [1.54, 1.807) is 36.4 Å². The average molecular weight is 384 g/mol. The SMILES string of the molecule is O=C1/C(=C/c2ccc(Cl)cc2)NC(=S)N1c1cccc(Cl)c1Cl. The van der Waals surface area contributed by atoms with Gasteiger partial charge in [-0.2, -0.15) is 0 Å². The highest BCUT2D eigenvalue weighted by Crippen LogP contribution is 2.34. The Bertz CT molecular complexity index is 834. The molecule has 0 bridgehead atoms. The van der Waals surface area contributed by atoms with Gasteiger partial charge in [-0.3, -0.25) is 9.69 Å². The Labute approximate surface area is 153 Å². The summed E-state index contributed by atoms with van der Waals surface area (Å²) in [6, 6.07) is 12.2. The average Bonchev–Trinajstić information content (AvgIpc) is 2.79. The van der Waals surface area contributed by atoms with Crippen molar-refractivity contribution in [2.45, 2.75) is 0 Å². The molecule has 1 heterocycles. The topological polar surface area (TPSA) is 32.3 Å². The summed E-state index contributed by atoms with van der Waals surface area (Å²) in [6.45, 7) is 0. The van der Waals surface area contributed by atoms with Crippen molar-refractivity contribution < 1.29 is 4.79 Å². The van der Waals surface area contributed by atoms with Gasteiger partial charge in [0.05, 0.1) is 15.7 Å². The lowest BCUT2D eigenvalue weighted by atomic mass is 10.2. The fourth-order valence-corrected chi connectivity index (χ4v) is 2.94. The molecule has 1 fully saturated rings.